The molecule has 2 atom stereocenters. The molecule has 0 amide bonds. The molecule has 1 heterocycles. The van der Waals surface area contributed by atoms with Crippen molar-refractivity contribution in [3.05, 3.63) is 29.8 Å². The Hall–Kier alpha value is -1.02. The van der Waals surface area contributed by atoms with Gasteiger partial charge >= 0.3 is 0 Å². The molecule has 2 nitrogen and oxygen atoms in total. The summed E-state index contributed by atoms with van der Waals surface area (Å²) < 4.78 is 0. The van der Waals surface area contributed by atoms with Crippen LogP contribution in [0.3, 0.4) is 0 Å². The van der Waals surface area contributed by atoms with Crippen molar-refractivity contribution in [3.8, 4) is 0 Å². The Bertz CT molecular complexity index is 346. The van der Waals surface area contributed by atoms with Crippen LogP contribution in [0.1, 0.15) is 44.7 Å². The fourth-order valence-corrected chi connectivity index (χ4v) is 2.59. The third-order valence-corrected chi connectivity index (χ3v) is 3.54. The quantitative estimate of drug-likeness (QED) is 0.826. The maximum Gasteiger partial charge on any atom is 0.0416 e. The molecule has 16 heavy (non-hydrogen) atoms. The van der Waals surface area contributed by atoms with E-state index in [1.165, 1.54) is 37.1 Å². The van der Waals surface area contributed by atoms with Crippen molar-refractivity contribution in [2.24, 2.45) is 5.73 Å². The van der Waals surface area contributed by atoms with E-state index < -0.39 is 0 Å². The molecule has 0 aromatic heterocycles. The second-order valence-electron chi connectivity index (χ2n) is 4.89. The third-order valence-electron chi connectivity index (χ3n) is 3.54. The molecule has 1 fully saturated rings. The van der Waals surface area contributed by atoms with Gasteiger partial charge in [0.15, 0.2) is 0 Å². The van der Waals surface area contributed by atoms with E-state index in [-0.39, 0.29) is 6.04 Å². The maximum absolute atomic E-state index is 6.04. The van der Waals surface area contributed by atoms with Crippen LogP contribution >= 0.6 is 0 Å². The van der Waals surface area contributed by atoms with E-state index in [9.17, 15) is 0 Å². The Balaban J connectivity index is 2.31. The lowest BCUT2D eigenvalue weighted by Gasteiger charge is -2.37. The van der Waals surface area contributed by atoms with Gasteiger partial charge in [0.25, 0.3) is 0 Å². The van der Waals surface area contributed by atoms with Crippen LogP contribution in [0.15, 0.2) is 24.3 Å². The number of nitrogens with two attached hydrogens (primary N) is 1. The van der Waals surface area contributed by atoms with Gasteiger partial charge in [-0.1, -0.05) is 18.2 Å². The number of anilines is 1. The van der Waals surface area contributed by atoms with Gasteiger partial charge in [-0.2, -0.15) is 0 Å². The highest BCUT2D eigenvalue weighted by Crippen LogP contribution is 2.30. The molecule has 1 aromatic rings. The van der Waals surface area contributed by atoms with Crippen molar-refractivity contribution in [3.63, 3.8) is 0 Å². The molecule has 88 valence electrons. The monoisotopic (exact) mass is 218 g/mol. The second-order valence-corrected chi connectivity index (χ2v) is 4.89. The Morgan fingerprint density at radius 1 is 1.31 bits per heavy atom. The average Bonchev–Trinajstić information content (AvgIpc) is 2.29. The molecule has 0 aliphatic carbocycles. The van der Waals surface area contributed by atoms with Crippen molar-refractivity contribution < 1.29 is 0 Å². The first-order chi connectivity index (χ1) is 7.70. The summed E-state index contributed by atoms with van der Waals surface area (Å²) in [6.45, 7) is 5.55. The fourth-order valence-electron chi connectivity index (χ4n) is 2.59. The third kappa shape index (κ3) is 2.22. The minimum absolute atomic E-state index is 0.116. The highest BCUT2D eigenvalue weighted by atomic mass is 15.2. The summed E-state index contributed by atoms with van der Waals surface area (Å²) in [6, 6.07) is 9.32. The average molecular weight is 218 g/mol. The molecular weight excluding hydrogens is 196 g/mol. The van der Waals surface area contributed by atoms with Crippen LogP contribution in [-0.4, -0.2) is 12.6 Å². The predicted octanol–water partition coefficient (Wildman–Crippen LogP) is 3.09. The lowest BCUT2D eigenvalue weighted by Crippen LogP contribution is -2.38. The zero-order valence-corrected chi connectivity index (χ0v) is 10.3. The largest absolute Gasteiger partial charge is 0.369 e. The smallest absolute Gasteiger partial charge is 0.0416 e. The number of piperidine rings is 1. The van der Waals surface area contributed by atoms with Crippen LogP contribution in [0.2, 0.25) is 0 Å². The molecule has 1 aromatic carbocycles. The van der Waals surface area contributed by atoms with E-state index in [4.69, 9.17) is 5.73 Å². The molecule has 2 rings (SSSR count). The number of rotatable bonds is 2. The molecule has 2 heteroatoms. The molecule has 1 unspecified atom stereocenters. The first kappa shape index (κ1) is 11.5. The number of para-hydroxylation sites is 1. The van der Waals surface area contributed by atoms with Gasteiger partial charge in [-0.3, -0.25) is 0 Å². The van der Waals surface area contributed by atoms with Gasteiger partial charge in [-0.15, -0.1) is 0 Å². The maximum atomic E-state index is 6.04. The van der Waals surface area contributed by atoms with Crippen LogP contribution in [0.4, 0.5) is 5.69 Å². The number of benzene rings is 1. The number of hydrogen-bond donors (Lipinski definition) is 1. The molecule has 1 saturated heterocycles. The van der Waals surface area contributed by atoms with Crippen LogP contribution in [0, 0.1) is 0 Å². The molecule has 0 radical (unpaired) electrons. The summed E-state index contributed by atoms with van der Waals surface area (Å²) in [5, 5.41) is 0. The van der Waals surface area contributed by atoms with Crippen LogP contribution in [-0.2, 0) is 0 Å². The van der Waals surface area contributed by atoms with Crippen molar-refractivity contribution in [1.29, 1.82) is 0 Å². The van der Waals surface area contributed by atoms with Gasteiger partial charge in [0.05, 0.1) is 0 Å². The summed E-state index contributed by atoms with van der Waals surface area (Å²) in [6.07, 6.45) is 3.96. The summed E-state index contributed by atoms with van der Waals surface area (Å²) in [5.41, 5.74) is 8.65. The second kappa shape index (κ2) is 4.88. The summed E-state index contributed by atoms with van der Waals surface area (Å²) in [7, 11) is 0. The lowest BCUT2D eigenvalue weighted by atomic mass is 9.99. The topological polar surface area (TPSA) is 29.3 Å². The minimum Gasteiger partial charge on any atom is -0.369 e. The Kier molecular flexibility index (Phi) is 3.49. The number of nitrogens with zero attached hydrogens (tertiary/aromatic N) is 1. The van der Waals surface area contributed by atoms with E-state index in [2.05, 4.69) is 43.0 Å². The van der Waals surface area contributed by atoms with Gasteiger partial charge in [0.2, 0.25) is 0 Å². The first-order valence-electron chi connectivity index (χ1n) is 6.31. The van der Waals surface area contributed by atoms with Crippen LogP contribution in [0.5, 0.6) is 0 Å². The standard InChI is InChI=1S/C14H22N2/c1-11-7-5-6-10-16(11)14-9-4-3-8-13(14)12(2)15/h3-4,8-9,11-12H,5-7,10,15H2,1-2H3/t11?,12-/m1/s1. The predicted molar refractivity (Wildman–Crippen MR) is 69.7 cm³/mol. The van der Waals surface area contributed by atoms with E-state index in [0.29, 0.717) is 6.04 Å². The summed E-state index contributed by atoms with van der Waals surface area (Å²) in [4.78, 5) is 2.52. The Morgan fingerprint density at radius 3 is 2.75 bits per heavy atom. The zero-order valence-electron chi connectivity index (χ0n) is 10.3. The van der Waals surface area contributed by atoms with Crippen LogP contribution < -0.4 is 10.6 Å². The van der Waals surface area contributed by atoms with Gasteiger partial charge in [0.1, 0.15) is 0 Å². The van der Waals surface area contributed by atoms with Crippen molar-refractivity contribution >= 4 is 5.69 Å². The molecule has 0 bridgehead atoms. The first-order valence-corrected chi connectivity index (χ1v) is 6.31. The number of hydrogen-bond acceptors (Lipinski definition) is 2. The Labute approximate surface area is 98.4 Å². The molecule has 2 N–H and O–H groups in total. The van der Waals surface area contributed by atoms with E-state index in [0.717, 1.165) is 0 Å². The van der Waals surface area contributed by atoms with E-state index in [1.807, 2.05) is 0 Å². The van der Waals surface area contributed by atoms with E-state index >= 15 is 0 Å². The summed E-state index contributed by atoms with van der Waals surface area (Å²) >= 11 is 0. The molecule has 1 aliphatic heterocycles. The highest BCUT2D eigenvalue weighted by Gasteiger charge is 2.21. The van der Waals surface area contributed by atoms with Crippen molar-refractivity contribution in [2.75, 3.05) is 11.4 Å². The summed E-state index contributed by atoms with van der Waals surface area (Å²) in [5.74, 6) is 0. The van der Waals surface area contributed by atoms with Gasteiger partial charge in [-0.25, -0.2) is 0 Å². The lowest BCUT2D eigenvalue weighted by molar-refractivity contribution is 0.483. The van der Waals surface area contributed by atoms with Gasteiger partial charge < -0.3 is 10.6 Å². The molecular formula is C14H22N2. The molecule has 0 saturated carbocycles. The zero-order chi connectivity index (χ0) is 11.5. The van der Waals surface area contributed by atoms with Gasteiger partial charge in [0, 0.05) is 24.3 Å². The minimum atomic E-state index is 0.116. The van der Waals surface area contributed by atoms with Gasteiger partial charge in [-0.05, 0) is 44.7 Å². The van der Waals surface area contributed by atoms with Crippen LogP contribution in [0.25, 0.3) is 0 Å². The van der Waals surface area contributed by atoms with Crippen molar-refractivity contribution in [1.82, 2.24) is 0 Å². The molecule has 1 aliphatic rings. The highest BCUT2D eigenvalue weighted by molar-refractivity contribution is 5.55. The molecule has 0 spiro atoms. The SMILES string of the molecule is CC1CCCCN1c1ccccc1[C@@H](C)N. The normalized spacial score (nSPS) is 23.2. The van der Waals surface area contributed by atoms with E-state index in [1.54, 1.807) is 0 Å². The van der Waals surface area contributed by atoms with Crippen molar-refractivity contribution in [2.45, 2.75) is 45.2 Å². The fraction of sp³-hybridized carbons (Fsp3) is 0.571. The Morgan fingerprint density at radius 2 is 2.06 bits per heavy atom.